The molecule has 1 aromatic heterocycles. The predicted octanol–water partition coefficient (Wildman–Crippen LogP) is 3.02. The summed E-state index contributed by atoms with van der Waals surface area (Å²) in [7, 11) is 4.12. The number of hydrogen-bond donors (Lipinski definition) is 1. The Morgan fingerprint density at radius 2 is 2.10 bits per heavy atom. The lowest BCUT2D eigenvalue weighted by Crippen LogP contribution is -2.33. The summed E-state index contributed by atoms with van der Waals surface area (Å²) in [6.45, 7) is 9.43. The molecule has 0 aliphatic heterocycles. The molecule has 0 amide bonds. The van der Waals surface area contributed by atoms with Crippen molar-refractivity contribution >= 4 is 22.4 Å². The number of thiazole rings is 1. The van der Waals surface area contributed by atoms with Gasteiger partial charge in [-0.25, -0.2) is 9.78 Å². The van der Waals surface area contributed by atoms with Gasteiger partial charge < -0.3 is 15.0 Å². The largest absolute Gasteiger partial charge is 0.461 e. The highest BCUT2D eigenvalue weighted by Crippen LogP contribution is 2.24. The molecular formula is C15H27N3O2S. The molecule has 120 valence electrons. The molecule has 5 nitrogen and oxygen atoms in total. The van der Waals surface area contributed by atoms with Crippen LogP contribution in [0.4, 0.5) is 5.13 Å². The van der Waals surface area contributed by atoms with E-state index in [2.05, 4.69) is 43.1 Å². The zero-order chi connectivity index (χ0) is 16.0. The van der Waals surface area contributed by atoms with E-state index in [0.717, 1.165) is 23.0 Å². The summed E-state index contributed by atoms with van der Waals surface area (Å²) in [5, 5.41) is 4.25. The van der Waals surface area contributed by atoms with Crippen LogP contribution in [0.1, 0.15) is 42.6 Å². The van der Waals surface area contributed by atoms with Gasteiger partial charge in [0, 0.05) is 17.5 Å². The van der Waals surface area contributed by atoms with E-state index < -0.39 is 0 Å². The molecule has 0 fully saturated rings. The van der Waals surface area contributed by atoms with Gasteiger partial charge in [-0.2, -0.15) is 0 Å². The second kappa shape index (κ2) is 8.34. The zero-order valence-corrected chi connectivity index (χ0v) is 14.7. The fourth-order valence-electron chi connectivity index (χ4n) is 2.21. The first-order chi connectivity index (χ1) is 9.83. The maximum absolute atomic E-state index is 11.8. The molecule has 0 saturated carbocycles. The molecule has 0 aromatic carbocycles. The van der Waals surface area contributed by atoms with Crippen LogP contribution in [-0.4, -0.2) is 49.1 Å². The number of nitrogens with one attached hydrogen (secondary N) is 1. The average Bonchev–Trinajstić information content (AvgIpc) is 2.68. The lowest BCUT2D eigenvalue weighted by molar-refractivity contribution is 0.0519. The van der Waals surface area contributed by atoms with Crippen LogP contribution in [0.3, 0.4) is 0 Å². The second-order valence-electron chi connectivity index (χ2n) is 5.88. The number of nitrogens with zero attached hydrogens (tertiary/aromatic N) is 2. The van der Waals surface area contributed by atoms with Crippen LogP contribution in [0.2, 0.25) is 0 Å². The minimum Gasteiger partial charge on any atom is -0.461 e. The Balaban J connectivity index is 2.79. The first-order valence-electron chi connectivity index (χ1n) is 7.39. The Morgan fingerprint density at radius 3 is 2.62 bits per heavy atom. The molecule has 0 radical (unpaired) electrons. The van der Waals surface area contributed by atoms with Crippen LogP contribution in [0.25, 0.3) is 0 Å². The number of rotatable bonds is 8. The van der Waals surface area contributed by atoms with Crippen molar-refractivity contribution < 1.29 is 9.53 Å². The van der Waals surface area contributed by atoms with Gasteiger partial charge in [-0.1, -0.05) is 13.8 Å². The van der Waals surface area contributed by atoms with E-state index in [0.29, 0.717) is 24.3 Å². The lowest BCUT2D eigenvalue weighted by atomic mass is 10.0. The number of carbonyl (C=O) groups is 1. The molecule has 0 saturated heterocycles. The Kier molecular flexibility index (Phi) is 7.11. The van der Waals surface area contributed by atoms with Crippen molar-refractivity contribution in [3.05, 3.63) is 10.6 Å². The van der Waals surface area contributed by atoms with Crippen LogP contribution < -0.4 is 5.32 Å². The van der Waals surface area contributed by atoms with Gasteiger partial charge in [0.2, 0.25) is 0 Å². The van der Waals surface area contributed by atoms with Gasteiger partial charge in [0.15, 0.2) is 10.8 Å². The van der Waals surface area contributed by atoms with E-state index in [1.807, 2.05) is 6.92 Å². The number of anilines is 1. The molecule has 0 bridgehead atoms. The van der Waals surface area contributed by atoms with Gasteiger partial charge in [-0.3, -0.25) is 0 Å². The monoisotopic (exact) mass is 313 g/mol. The summed E-state index contributed by atoms with van der Waals surface area (Å²) in [5.41, 5.74) is 0.428. The Bertz CT molecular complexity index is 448. The van der Waals surface area contributed by atoms with Gasteiger partial charge in [-0.15, -0.1) is 11.3 Å². The number of aryl methyl sites for hydroxylation is 1. The molecule has 6 heteroatoms. The summed E-state index contributed by atoms with van der Waals surface area (Å²) in [5.74, 6) is 0.264. The highest BCUT2D eigenvalue weighted by molar-refractivity contribution is 7.15. The summed E-state index contributed by atoms with van der Waals surface area (Å²) in [6, 6.07) is 0.320. The summed E-state index contributed by atoms with van der Waals surface area (Å²) >= 11 is 1.51. The fourth-order valence-corrected chi connectivity index (χ4v) is 3.09. The van der Waals surface area contributed by atoms with Gasteiger partial charge in [0.05, 0.1) is 6.61 Å². The van der Waals surface area contributed by atoms with E-state index >= 15 is 0 Å². The first kappa shape index (κ1) is 17.9. The second-order valence-corrected chi connectivity index (χ2v) is 7.08. The van der Waals surface area contributed by atoms with E-state index in [-0.39, 0.29) is 5.97 Å². The Labute approximate surface area is 131 Å². The maximum Gasteiger partial charge on any atom is 0.358 e. The topological polar surface area (TPSA) is 54.5 Å². The SMILES string of the molecule is CCOC(=O)c1nc(NC(CC(C)C)CN(C)C)sc1C. The van der Waals surface area contributed by atoms with Crippen molar-refractivity contribution in [1.82, 2.24) is 9.88 Å². The van der Waals surface area contributed by atoms with Crippen molar-refractivity contribution in [2.24, 2.45) is 5.92 Å². The van der Waals surface area contributed by atoms with Crippen LogP contribution in [-0.2, 0) is 4.74 Å². The molecule has 21 heavy (non-hydrogen) atoms. The van der Waals surface area contributed by atoms with Crippen molar-refractivity contribution in [1.29, 1.82) is 0 Å². The highest BCUT2D eigenvalue weighted by Gasteiger charge is 2.19. The number of hydrogen-bond acceptors (Lipinski definition) is 6. The van der Waals surface area contributed by atoms with Gasteiger partial charge >= 0.3 is 5.97 Å². The number of ether oxygens (including phenoxy) is 1. The molecule has 1 atom stereocenters. The zero-order valence-electron chi connectivity index (χ0n) is 13.9. The van der Waals surface area contributed by atoms with Crippen LogP contribution in [0, 0.1) is 12.8 Å². The van der Waals surface area contributed by atoms with Crippen LogP contribution in [0.5, 0.6) is 0 Å². The van der Waals surface area contributed by atoms with Crippen molar-refractivity contribution in [3.63, 3.8) is 0 Å². The third-order valence-electron chi connectivity index (χ3n) is 2.93. The van der Waals surface area contributed by atoms with E-state index in [1.54, 1.807) is 6.92 Å². The molecule has 0 spiro atoms. The van der Waals surface area contributed by atoms with Crippen molar-refractivity contribution in [2.75, 3.05) is 32.6 Å². The van der Waals surface area contributed by atoms with Crippen molar-refractivity contribution in [3.8, 4) is 0 Å². The Morgan fingerprint density at radius 1 is 1.43 bits per heavy atom. The third-order valence-corrected chi connectivity index (χ3v) is 3.84. The lowest BCUT2D eigenvalue weighted by Gasteiger charge is -2.23. The van der Waals surface area contributed by atoms with Crippen LogP contribution in [0.15, 0.2) is 0 Å². The number of esters is 1. The number of aromatic nitrogens is 1. The van der Waals surface area contributed by atoms with E-state index in [1.165, 1.54) is 11.3 Å². The standard InChI is InChI=1S/C15H27N3O2S/c1-7-20-14(19)13-11(4)21-15(17-13)16-12(8-10(2)3)9-18(5)6/h10,12H,7-9H2,1-6H3,(H,16,17). The third kappa shape index (κ3) is 6.01. The van der Waals surface area contributed by atoms with Gasteiger partial charge in [-0.05, 0) is 40.3 Å². The molecule has 1 rings (SSSR count). The average molecular weight is 313 g/mol. The highest BCUT2D eigenvalue weighted by atomic mass is 32.1. The molecule has 1 unspecified atom stereocenters. The van der Waals surface area contributed by atoms with E-state index in [9.17, 15) is 4.79 Å². The number of carbonyl (C=O) groups excluding carboxylic acids is 1. The minimum atomic E-state index is -0.340. The summed E-state index contributed by atoms with van der Waals surface area (Å²) in [4.78, 5) is 19.3. The number of likely N-dealkylation sites (N-methyl/N-ethyl adjacent to an activating group) is 1. The molecule has 1 heterocycles. The van der Waals surface area contributed by atoms with Crippen molar-refractivity contribution in [2.45, 2.75) is 40.2 Å². The fraction of sp³-hybridized carbons (Fsp3) is 0.733. The quantitative estimate of drug-likeness (QED) is 0.748. The molecule has 1 aromatic rings. The normalized spacial score (nSPS) is 12.8. The Hall–Kier alpha value is -1.14. The molecule has 1 N–H and O–H groups in total. The molecular weight excluding hydrogens is 286 g/mol. The van der Waals surface area contributed by atoms with Gasteiger partial charge in [0.1, 0.15) is 0 Å². The van der Waals surface area contributed by atoms with Gasteiger partial charge in [0.25, 0.3) is 0 Å². The van der Waals surface area contributed by atoms with E-state index in [4.69, 9.17) is 4.74 Å². The molecule has 0 aliphatic rings. The first-order valence-corrected chi connectivity index (χ1v) is 8.20. The minimum absolute atomic E-state index is 0.320. The smallest absolute Gasteiger partial charge is 0.358 e. The molecule has 0 aliphatic carbocycles. The summed E-state index contributed by atoms with van der Waals surface area (Å²) < 4.78 is 5.03. The van der Waals surface area contributed by atoms with Crippen LogP contribution >= 0.6 is 11.3 Å². The predicted molar refractivity (Wildman–Crippen MR) is 88.2 cm³/mol. The summed E-state index contributed by atoms with van der Waals surface area (Å²) in [6.07, 6.45) is 1.06. The maximum atomic E-state index is 11.8.